The Morgan fingerprint density at radius 2 is 1.80 bits per heavy atom. The number of aliphatic carboxylic acids is 1. The van der Waals surface area contributed by atoms with Crippen LogP contribution in [-0.2, 0) is 4.79 Å². The molecule has 0 radical (unpaired) electrons. The highest BCUT2D eigenvalue weighted by Crippen LogP contribution is 2.26. The number of benzene rings is 2. The number of aromatic hydroxyl groups is 1. The first-order valence-corrected chi connectivity index (χ1v) is 7.49. The van der Waals surface area contributed by atoms with Crippen LogP contribution in [0.4, 0.5) is 0 Å². The molecule has 0 amide bonds. The number of ether oxygens (including phenoxy) is 2. The summed E-state index contributed by atoms with van der Waals surface area (Å²) < 4.78 is 10.2. The summed E-state index contributed by atoms with van der Waals surface area (Å²) in [4.78, 5) is 22.9. The lowest BCUT2D eigenvalue weighted by molar-refractivity contribution is -0.144. The van der Waals surface area contributed by atoms with E-state index in [2.05, 4.69) is 0 Å². The molecule has 2 N–H and O–H groups in total. The second-order valence-electron chi connectivity index (χ2n) is 5.25. The Morgan fingerprint density at radius 3 is 2.36 bits per heavy atom. The van der Waals surface area contributed by atoms with Crippen molar-refractivity contribution in [1.29, 1.82) is 0 Å². The maximum atomic E-state index is 12.2. The lowest BCUT2D eigenvalue weighted by Crippen LogP contribution is -2.22. The fourth-order valence-electron chi connectivity index (χ4n) is 2.03. The molecule has 25 heavy (non-hydrogen) atoms. The molecule has 2 rings (SSSR count). The number of phenolic OH excluding ortho intramolecular Hbond substituents is 1. The van der Waals surface area contributed by atoms with Crippen molar-refractivity contribution in [3.8, 4) is 17.2 Å². The number of carbonyl (C=O) groups is 2. The molecule has 2 aromatic rings. The van der Waals surface area contributed by atoms with Gasteiger partial charge in [-0.25, -0.2) is 4.79 Å². The van der Waals surface area contributed by atoms with E-state index in [1.807, 2.05) is 0 Å². The Balaban J connectivity index is 2.05. The molecule has 0 saturated carbocycles. The zero-order chi connectivity index (χ0) is 18.4. The molecule has 0 aliphatic carbocycles. The summed E-state index contributed by atoms with van der Waals surface area (Å²) in [5.74, 6) is -0.574. The van der Waals surface area contributed by atoms with Crippen molar-refractivity contribution < 1.29 is 29.3 Å². The van der Waals surface area contributed by atoms with Crippen LogP contribution in [0, 0.1) is 0 Å². The van der Waals surface area contributed by atoms with Crippen molar-refractivity contribution in [1.82, 2.24) is 0 Å². The van der Waals surface area contributed by atoms with E-state index in [0.717, 1.165) is 0 Å². The maximum Gasteiger partial charge on any atom is 0.344 e. The van der Waals surface area contributed by atoms with Crippen LogP contribution in [-0.4, -0.2) is 35.2 Å². The zero-order valence-corrected chi connectivity index (χ0v) is 13.8. The lowest BCUT2D eigenvalue weighted by Gasteiger charge is -2.10. The molecule has 1 atom stereocenters. The molecule has 130 valence electrons. The Hall–Kier alpha value is -3.28. The van der Waals surface area contributed by atoms with E-state index in [0.29, 0.717) is 22.6 Å². The molecule has 0 aliphatic rings. The van der Waals surface area contributed by atoms with Gasteiger partial charge in [-0.15, -0.1) is 0 Å². The summed E-state index contributed by atoms with van der Waals surface area (Å²) in [6, 6.07) is 11.0. The lowest BCUT2D eigenvalue weighted by atomic mass is 10.1. The highest BCUT2D eigenvalue weighted by molar-refractivity contribution is 6.06. The number of ketones is 1. The van der Waals surface area contributed by atoms with Gasteiger partial charge in [0, 0.05) is 5.56 Å². The van der Waals surface area contributed by atoms with Gasteiger partial charge in [-0.3, -0.25) is 4.79 Å². The van der Waals surface area contributed by atoms with Gasteiger partial charge in [0.2, 0.25) is 0 Å². The van der Waals surface area contributed by atoms with Crippen molar-refractivity contribution in [3.05, 3.63) is 59.7 Å². The minimum atomic E-state index is -1.06. The average Bonchev–Trinajstić information content (AvgIpc) is 2.60. The largest absolute Gasteiger partial charge is 0.504 e. The molecule has 0 spiro atoms. The molecule has 0 heterocycles. The highest BCUT2D eigenvalue weighted by Gasteiger charge is 2.12. The predicted octanol–water partition coefficient (Wildman–Crippen LogP) is 3.15. The van der Waals surface area contributed by atoms with Crippen molar-refractivity contribution in [3.63, 3.8) is 0 Å². The number of carboxylic acids is 1. The summed E-state index contributed by atoms with van der Waals surface area (Å²) in [6.07, 6.45) is 2.00. The topological polar surface area (TPSA) is 93.1 Å². The fraction of sp³-hybridized carbons (Fsp3) is 0.158. The summed E-state index contributed by atoms with van der Waals surface area (Å²) in [7, 11) is 1.46. The van der Waals surface area contributed by atoms with Gasteiger partial charge in [-0.2, -0.15) is 0 Å². The predicted molar refractivity (Wildman–Crippen MR) is 92.2 cm³/mol. The Bertz CT molecular complexity index is 792. The third-order valence-corrected chi connectivity index (χ3v) is 3.43. The smallest absolute Gasteiger partial charge is 0.344 e. The molecule has 0 aliphatic heterocycles. The molecular weight excluding hydrogens is 324 g/mol. The van der Waals surface area contributed by atoms with Crippen LogP contribution >= 0.6 is 0 Å². The number of phenols is 1. The molecule has 6 nitrogen and oxygen atoms in total. The number of carboxylic acid groups (broad SMARTS) is 1. The van der Waals surface area contributed by atoms with Gasteiger partial charge in [0.25, 0.3) is 0 Å². The van der Waals surface area contributed by atoms with E-state index in [-0.39, 0.29) is 11.5 Å². The minimum absolute atomic E-state index is 0.00819. The first-order chi connectivity index (χ1) is 11.9. The summed E-state index contributed by atoms with van der Waals surface area (Å²) in [5.41, 5.74) is 1.09. The number of rotatable bonds is 7. The molecule has 0 fully saturated rings. The van der Waals surface area contributed by atoms with E-state index in [1.165, 1.54) is 26.2 Å². The van der Waals surface area contributed by atoms with Gasteiger partial charge >= 0.3 is 5.97 Å². The Kier molecular flexibility index (Phi) is 5.79. The SMILES string of the molecule is COc1ccc(/C=C/C(=O)c2ccc(O[C@H](C)C(=O)O)cc2)cc1O. The van der Waals surface area contributed by atoms with Crippen LogP contribution in [0.1, 0.15) is 22.8 Å². The van der Waals surface area contributed by atoms with Crippen LogP contribution < -0.4 is 9.47 Å². The first-order valence-electron chi connectivity index (χ1n) is 7.49. The highest BCUT2D eigenvalue weighted by atomic mass is 16.5. The maximum absolute atomic E-state index is 12.2. The van der Waals surface area contributed by atoms with Crippen LogP contribution in [0.5, 0.6) is 17.2 Å². The molecular formula is C19H18O6. The van der Waals surface area contributed by atoms with Crippen LogP contribution in [0.15, 0.2) is 48.5 Å². The summed E-state index contributed by atoms with van der Waals surface area (Å²) in [5, 5.41) is 18.5. The van der Waals surface area contributed by atoms with E-state index in [4.69, 9.17) is 14.6 Å². The molecule has 0 unspecified atom stereocenters. The number of carbonyl (C=O) groups excluding carboxylic acids is 1. The van der Waals surface area contributed by atoms with Crippen molar-refractivity contribution in [2.24, 2.45) is 0 Å². The third kappa shape index (κ3) is 4.84. The molecule has 0 aromatic heterocycles. The van der Waals surface area contributed by atoms with E-state index in [1.54, 1.807) is 42.5 Å². The van der Waals surface area contributed by atoms with Crippen molar-refractivity contribution >= 4 is 17.8 Å². The van der Waals surface area contributed by atoms with Gasteiger partial charge < -0.3 is 19.7 Å². The normalized spacial score (nSPS) is 11.9. The fourth-order valence-corrected chi connectivity index (χ4v) is 2.03. The average molecular weight is 342 g/mol. The van der Waals surface area contributed by atoms with E-state index < -0.39 is 12.1 Å². The second-order valence-corrected chi connectivity index (χ2v) is 5.25. The van der Waals surface area contributed by atoms with Crippen LogP contribution in [0.25, 0.3) is 6.08 Å². The summed E-state index contributed by atoms with van der Waals surface area (Å²) in [6.45, 7) is 1.43. The third-order valence-electron chi connectivity index (χ3n) is 3.43. The van der Waals surface area contributed by atoms with Gasteiger partial charge in [-0.1, -0.05) is 12.1 Å². The Morgan fingerprint density at radius 1 is 1.12 bits per heavy atom. The van der Waals surface area contributed by atoms with Crippen molar-refractivity contribution in [2.45, 2.75) is 13.0 Å². The monoisotopic (exact) mass is 342 g/mol. The zero-order valence-electron chi connectivity index (χ0n) is 13.8. The van der Waals surface area contributed by atoms with E-state index in [9.17, 15) is 14.7 Å². The van der Waals surface area contributed by atoms with Gasteiger partial charge in [0.1, 0.15) is 5.75 Å². The minimum Gasteiger partial charge on any atom is -0.504 e. The van der Waals surface area contributed by atoms with Gasteiger partial charge in [-0.05, 0) is 55.0 Å². The number of hydrogen-bond donors (Lipinski definition) is 2. The second kappa shape index (κ2) is 8.01. The number of allylic oxidation sites excluding steroid dienone is 1. The molecule has 6 heteroatoms. The number of hydrogen-bond acceptors (Lipinski definition) is 5. The van der Waals surface area contributed by atoms with E-state index >= 15 is 0 Å². The standard InChI is InChI=1S/C19H18O6/c1-12(19(22)23)25-15-7-5-14(6-8-15)16(20)9-3-13-4-10-18(24-2)17(21)11-13/h3-12,21H,1-2H3,(H,22,23)/b9-3+/t12-/m1/s1. The number of methoxy groups -OCH3 is 1. The molecule has 0 bridgehead atoms. The Labute approximate surface area is 144 Å². The van der Waals surface area contributed by atoms with Crippen LogP contribution in [0.3, 0.4) is 0 Å². The van der Waals surface area contributed by atoms with Gasteiger partial charge in [0.05, 0.1) is 7.11 Å². The van der Waals surface area contributed by atoms with Gasteiger partial charge in [0.15, 0.2) is 23.4 Å². The molecule has 0 saturated heterocycles. The quantitative estimate of drug-likeness (QED) is 0.593. The van der Waals surface area contributed by atoms with Crippen molar-refractivity contribution in [2.75, 3.05) is 7.11 Å². The summed E-state index contributed by atoms with van der Waals surface area (Å²) >= 11 is 0. The first kappa shape index (κ1) is 18.1. The molecule has 2 aromatic carbocycles. The van der Waals surface area contributed by atoms with Crippen LogP contribution in [0.2, 0.25) is 0 Å².